The number of hydrogen-bond donors (Lipinski definition) is 0. The Kier molecular flexibility index (Phi) is 6.59. The zero-order chi connectivity index (χ0) is 22.0. The van der Waals surface area contributed by atoms with Gasteiger partial charge in [-0.05, 0) is 62.6 Å². The highest BCUT2D eigenvalue weighted by Crippen LogP contribution is 2.43. The third kappa shape index (κ3) is 4.46. The summed E-state index contributed by atoms with van der Waals surface area (Å²) in [5.41, 5.74) is 2.83. The first kappa shape index (κ1) is 21.8. The van der Waals surface area contributed by atoms with Crippen LogP contribution in [0.2, 0.25) is 0 Å². The van der Waals surface area contributed by atoms with Gasteiger partial charge in [0.1, 0.15) is 0 Å². The van der Waals surface area contributed by atoms with E-state index in [4.69, 9.17) is 9.47 Å². The van der Waals surface area contributed by atoms with E-state index in [-0.39, 0.29) is 17.2 Å². The fraction of sp³-hybridized carbons (Fsp3) is 0.462. The standard InChI is InChI=1S/C26H29F3O2/c1-3-5-16-6-8-17(9-7-16)10-11-18-14-20-15-19-12-13-21(30-4-2)23(28)25(19)31-26(20)24(29)22(18)27/h8,12-14,16H,3-7,9-11,15H2,1-2H3. The van der Waals surface area contributed by atoms with Gasteiger partial charge in [0.15, 0.2) is 23.1 Å². The van der Waals surface area contributed by atoms with Crippen molar-refractivity contribution in [1.82, 2.24) is 0 Å². The molecule has 0 radical (unpaired) electrons. The lowest BCUT2D eigenvalue weighted by molar-refractivity contribution is 0.309. The summed E-state index contributed by atoms with van der Waals surface area (Å²) < 4.78 is 55.1. The van der Waals surface area contributed by atoms with Gasteiger partial charge in [-0.2, -0.15) is 8.78 Å². The van der Waals surface area contributed by atoms with Crippen molar-refractivity contribution in [2.45, 2.75) is 65.2 Å². The fourth-order valence-corrected chi connectivity index (χ4v) is 4.68. The topological polar surface area (TPSA) is 18.5 Å². The van der Waals surface area contributed by atoms with Crippen LogP contribution in [0.3, 0.4) is 0 Å². The van der Waals surface area contributed by atoms with Crippen LogP contribution in [0, 0.1) is 23.4 Å². The van der Waals surface area contributed by atoms with Gasteiger partial charge in [-0.15, -0.1) is 0 Å². The third-order valence-corrected chi connectivity index (χ3v) is 6.37. The first-order valence-corrected chi connectivity index (χ1v) is 11.3. The number of fused-ring (bicyclic) bond motifs is 2. The lowest BCUT2D eigenvalue weighted by Gasteiger charge is -2.24. The van der Waals surface area contributed by atoms with Crippen LogP contribution in [-0.2, 0) is 12.8 Å². The number of aryl methyl sites for hydroxylation is 1. The van der Waals surface area contributed by atoms with Crippen molar-refractivity contribution in [3.8, 4) is 17.2 Å². The summed E-state index contributed by atoms with van der Waals surface area (Å²) in [6.45, 7) is 4.26. The van der Waals surface area contributed by atoms with E-state index in [9.17, 15) is 13.2 Å². The van der Waals surface area contributed by atoms with Crippen LogP contribution < -0.4 is 9.47 Å². The van der Waals surface area contributed by atoms with Gasteiger partial charge < -0.3 is 9.47 Å². The second-order valence-electron chi connectivity index (χ2n) is 8.52. The minimum Gasteiger partial charge on any atom is -0.491 e. The van der Waals surface area contributed by atoms with Crippen molar-refractivity contribution in [1.29, 1.82) is 0 Å². The van der Waals surface area contributed by atoms with Gasteiger partial charge in [0.25, 0.3) is 0 Å². The van der Waals surface area contributed by atoms with Gasteiger partial charge in [0, 0.05) is 17.5 Å². The van der Waals surface area contributed by atoms with Crippen LogP contribution in [0.5, 0.6) is 17.2 Å². The largest absolute Gasteiger partial charge is 0.491 e. The van der Waals surface area contributed by atoms with Gasteiger partial charge in [0.2, 0.25) is 11.6 Å². The molecule has 1 unspecified atom stereocenters. The molecule has 1 heterocycles. The van der Waals surface area contributed by atoms with Gasteiger partial charge >= 0.3 is 0 Å². The van der Waals surface area contributed by atoms with E-state index in [1.165, 1.54) is 24.8 Å². The normalized spacial score (nSPS) is 17.5. The molecule has 2 aliphatic rings. The van der Waals surface area contributed by atoms with Crippen molar-refractivity contribution < 1.29 is 22.6 Å². The summed E-state index contributed by atoms with van der Waals surface area (Å²) in [6.07, 6.45) is 9.53. The van der Waals surface area contributed by atoms with Crippen molar-refractivity contribution in [3.63, 3.8) is 0 Å². The second kappa shape index (κ2) is 9.37. The van der Waals surface area contributed by atoms with Crippen molar-refractivity contribution >= 4 is 0 Å². The number of rotatable bonds is 7. The number of halogens is 3. The highest BCUT2D eigenvalue weighted by molar-refractivity contribution is 5.54. The fourth-order valence-electron chi connectivity index (χ4n) is 4.68. The lowest BCUT2D eigenvalue weighted by Crippen LogP contribution is -2.11. The van der Waals surface area contributed by atoms with Crippen molar-refractivity contribution in [2.75, 3.05) is 6.61 Å². The average Bonchev–Trinajstić information content (AvgIpc) is 2.78. The molecule has 0 spiro atoms. The van der Waals surface area contributed by atoms with Gasteiger partial charge in [-0.1, -0.05) is 37.5 Å². The highest BCUT2D eigenvalue weighted by atomic mass is 19.2. The van der Waals surface area contributed by atoms with Gasteiger partial charge in [-0.3, -0.25) is 0 Å². The molecule has 2 aromatic carbocycles. The Morgan fingerprint density at radius 3 is 2.52 bits per heavy atom. The monoisotopic (exact) mass is 430 g/mol. The highest BCUT2D eigenvalue weighted by Gasteiger charge is 2.28. The molecule has 2 nitrogen and oxygen atoms in total. The number of benzene rings is 2. The van der Waals surface area contributed by atoms with E-state index in [1.807, 2.05) is 0 Å². The molecule has 1 atom stereocenters. The average molecular weight is 431 g/mol. The SMILES string of the molecule is CCCC1CC=C(CCc2cc3c(c(F)c2F)Oc2c(ccc(OCC)c2F)C3)CC1. The summed E-state index contributed by atoms with van der Waals surface area (Å²) in [5, 5.41) is 0. The first-order chi connectivity index (χ1) is 15.0. The molecule has 5 heteroatoms. The first-order valence-electron chi connectivity index (χ1n) is 11.3. The molecule has 0 N–H and O–H groups in total. The Bertz CT molecular complexity index is 997. The molecule has 0 amide bonds. The molecule has 0 aromatic heterocycles. The minimum atomic E-state index is -1.04. The van der Waals surface area contributed by atoms with Crippen LogP contribution >= 0.6 is 0 Å². The van der Waals surface area contributed by atoms with Gasteiger partial charge in [-0.25, -0.2) is 4.39 Å². The van der Waals surface area contributed by atoms with Crippen LogP contribution in [-0.4, -0.2) is 6.61 Å². The quantitative estimate of drug-likeness (QED) is 0.358. The third-order valence-electron chi connectivity index (χ3n) is 6.37. The predicted molar refractivity (Wildman–Crippen MR) is 115 cm³/mol. The molecule has 0 fully saturated rings. The second-order valence-corrected chi connectivity index (χ2v) is 8.52. The van der Waals surface area contributed by atoms with Crippen molar-refractivity contribution in [2.24, 2.45) is 5.92 Å². The van der Waals surface area contributed by atoms with Crippen LogP contribution in [0.4, 0.5) is 13.2 Å². The summed E-state index contributed by atoms with van der Waals surface area (Å²) >= 11 is 0. The van der Waals surface area contributed by atoms with Crippen LogP contribution in [0.25, 0.3) is 0 Å². The Labute approximate surface area is 182 Å². The molecule has 1 aliphatic carbocycles. The molecular weight excluding hydrogens is 401 g/mol. The maximum absolute atomic E-state index is 14.9. The smallest absolute Gasteiger partial charge is 0.207 e. The molecular formula is C26H29F3O2. The van der Waals surface area contributed by atoms with E-state index in [0.29, 0.717) is 36.1 Å². The zero-order valence-corrected chi connectivity index (χ0v) is 18.2. The molecule has 4 rings (SSSR count). The molecule has 2 aromatic rings. The molecule has 1 aliphatic heterocycles. The van der Waals surface area contributed by atoms with E-state index in [1.54, 1.807) is 25.1 Å². The summed E-state index contributed by atoms with van der Waals surface area (Å²) in [6, 6.07) is 4.94. The van der Waals surface area contributed by atoms with Gasteiger partial charge in [0.05, 0.1) is 6.61 Å². The summed E-state index contributed by atoms with van der Waals surface area (Å²) in [4.78, 5) is 0. The Hall–Kier alpha value is -2.43. The van der Waals surface area contributed by atoms with Crippen LogP contribution in [0.15, 0.2) is 29.8 Å². The summed E-state index contributed by atoms with van der Waals surface area (Å²) in [7, 11) is 0. The van der Waals surface area contributed by atoms with E-state index in [0.717, 1.165) is 25.2 Å². The molecule has 31 heavy (non-hydrogen) atoms. The molecule has 0 saturated carbocycles. The molecule has 0 saturated heterocycles. The number of allylic oxidation sites excluding steroid dienone is 2. The van der Waals surface area contributed by atoms with E-state index in [2.05, 4.69) is 13.0 Å². The zero-order valence-electron chi connectivity index (χ0n) is 18.2. The predicted octanol–water partition coefficient (Wildman–Crippen LogP) is 7.66. The number of hydrogen-bond acceptors (Lipinski definition) is 2. The maximum atomic E-state index is 14.9. The van der Waals surface area contributed by atoms with Crippen molar-refractivity contribution in [3.05, 3.63) is 64.0 Å². The van der Waals surface area contributed by atoms with E-state index < -0.39 is 17.5 Å². The Balaban J connectivity index is 1.52. The van der Waals surface area contributed by atoms with E-state index >= 15 is 0 Å². The summed E-state index contributed by atoms with van der Waals surface area (Å²) in [5.74, 6) is -2.13. The molecule has 0 bridgehead atoms. The molecule has 166 valence electrons. The maximum Gasteiger partial charge on any atom is 0.207 e. The lowest BCUT2D eigenvalue weighted by atomic mass is 9.85. The minimum absolute atomic E-state index is 0.0455. The van der Waals surface area contributed by atoms with Crippen LogP contribution in [0.1, 0.15) is 69.1 Å². The Morgan fingerprint density at radius 2 is 1.81 bits per heavy atom. The Morgan fingerprint density at radius 1 is 1.00 bits per heavy atom. The number of ether oxygens (including phenoxy) is 2.